The summed E-state index contributed by atoms with van der Waals surface area (Å²) >= 11 is 0. The van der Waals surface area contributed by atoms with Gasteiger partial charge in [-0.05, 0) is 44.3 Å². The number of piperidine rings is 1. The molecule has 0 radical (unpaired) electrons. The van der Waals surface area contributed by atoms with Gasteiger partial charge in [-0.2, -0.15) is 0 Å². The summed E-state index contributed by atoms with van der Waals surface area (Å²) < 4.78 is 10.7. The molecule has 0 aromatic heterocycles. The summed E-state index contributed by atoms with van der Waals surface area (Å²) in [6, 6.07) is 7.80. The van der Waals surface area contributed by atoms with Crippen molar-refractivity contribution in [2.75, 3.05) is 33.4 Å². The molecule has 1 heterocycles. The lowest BCUT2D eigenvalue weighted by Crippen LogP contribution is -2.29. The van der Waals surface area contributed by atoms with E-state index in [0.29, 0.717) is 32.1 Å². The highest BCUT2D eigenvalue weighted by Gasteiger charge is 2.14. The molecule has 5 heteroatoms. The van der Waals surface area contributed by atoms with E-state index in [4.69, 9.17) is 9.47 Å². The minimum absolute atomic E-state index is 0.121. The molecule has 0 bridgehead atoms. The average Bonchev–Trinajstić information content (AvgIpc) is 2.60. The lowest BCUT2D eigenvalue weighted by molar-refractivity contribution is -0.121. The van der Waals surface area contributed by atoms with Crippen molar-refractivity contribution >= 4 is 5.91 Å². The zero-order valence-corrected chi connectivity index (χ0v) is 14.0. The van der Waals surface area contributed by atoms with Crippen LogP contribution in [0.25, 0.3) is 0 Å². The number of amides is 1. The van der Waals surface area contributed by atoms with Crippen molar-refractivity contribution in [2.45, 2.75) is 32.2 Å². The number of benzene rings is 1. The Hall–Kier alpha value is -1.59. The van der Waals surface area contributed by atoms with Gasteiger partial charge in [-0.3, -0.25) is 4.79 Å². The van der Waals surface area contributed by atoms with E-state index in [1.807, 2.05) is 24.3 Å². The smallest absolute Gasteiger partial charge is 0.220 e. The van der Waals surface area contributed by atoms with Crippen LogP contribution in [0, 0.1) is 5.92 Å². The number of hydrogen-bond donors (Lipinski definition) is 2. The van der Waals surface area contributed by atoms with Gasteiger partial charge in [-0.15, -0.1) is 0 Å². The van der Waals surface area contributed by atoms with E-state index in [0.717, 1.165) is 30.8 Å². The fourth-order valence-corrected chi connectivity index (χ4v) is 2.81. The SMILES string of the molecule is COCCOc1ccccc1CNC(=O)CCC1CCNCC1. The molecule has 0 aliphatic carbocycles. The van der Waals surface area contributed by atoms with Crippen molar-refractivity contribution < 1.29 is 14.3 Å². The number of ether oxygens (including phenoxy) is 2. The second kappa shape index (κ2) is 10.2. The summed E-state index contributed by atoms with van der Waals surface area (Å²) in [5.41, 5.74) is 0.999. The first kappa shape index (κ1) is 17.8. The Balaban J connectivity index is 1.72. The van der Waals surface area contributed by atoms with E-state index in [1.165, 1.54) is 12.8 Å². The highest BCUT2D eigenvalue weighted by molar-refractivity contribution is 5.75. The maximum Gasteiger partial charge on any atom is 0.220 e. The molecule has 1 aliphatic heterocycles. The molecule has 0 spiro atoms. The quantitative estimate of drug-likeness (QED) is 0.684. The summed E-state index contributed by atoms with van der Waals surface area (Å²) in [6.07, 6.45) is 3.96. The van der Waals surface area contributed by atoms with Gasteiger partial charge >= 0.3 is 0 Å². The second-order valence-corrected chi connectivity index (χ2v) is 5.96. The molecule has 1 aromatic rings. The minimum atomic E-state index is 0.121. The first-order valence-corrected chi connectivity index (χ1v) is 8.46. The van der Waals surface area contributed by atoms with Crippen molar-refractivity contribution in [1.29, 1.82) is 0 Å². The van der Waals surface area contributed by atoms with Gasteiger partial charge in [0.05, 0.1) is 6.61 Å². The molecule has 128 valence electrons. The number of para-hydroxylation sites is 1. The first-order chi connectivity index (χ1) is 11.3. The predicted molar refractivity (Wildman–Crippen MR) is 90.5 cm³/mol. The lowest BCUT2D eigenvalue weighted by atomic mass is 9.93. The van der Waals surface area contributed by atoms with Crippen LogP contribution in [0.4, 0.5) is 0 Å². The van der Waals surface area contributed by atoms with Crippen LogP contribution in [-0.2, 0) is 16.1 Å². The van der Waals surface area contributed by atoms with Crippen LogP contribution in [0.5, 0.6) is 5.75 Å². The Morgan fingerprint density at radius 2 is 2.04 bits per heavy atom. The van der Waals surface area contributed by atoms with E-state index in [1.54, 1.807) is 7.11 Å². The molecule has 1 aliphatic rings. The summed E-state index contributed by atoms with van der Waals surface area (Å²) in [4.78, 5) is 12.0. The summed E-state index contributed by atoms with van der Waals surface area (Å²) in [5.74, 6) is 1.62. The standard InChI is InChI=1S/C18H28N2O3/c1-22-12-13-23-17-5-3-2-4-16(17)14-20-18(21)7-6-15-8-10-19-11-9-15/h2-5,15,19H,6-14H2,1H3,(H,20,21). The van der Waals surface area contributed by atoms with Crippen LogP contribution in [-0.4, -0.2) is 39.3 Å². The van der Waals surface area contributed by atoms with E-state index in [2.05, 4.69) is 10.6 Å². The molecular formula is C18H28N2O3. The third-order valence-electron chi connectivity index (χ3n) is 4.23. The van der Waals surface area contributed by atoms with E-state index in [-0.39, 0.29) is 5.91 Å². The Morgan fingerprint density at radius 3 is 2.83 bits per heavy atom. The molecule has 2 N–H and O–H groups in total. The fourth-order valence-electron chi connectivity index (χ4n) is 2.81. The van der Waals surface area contributed by atoms with Gasteiger partial charge in [0.15, 0.2) is 0 Å². The van der Waals surface area contributed by atoms with E-state index in [9.17, 15) is 4.79 Å². The highest BCUT2D eigenvalue weighted by Crippen LogP contribution is 2.19. The number of rotatable bonds is 9. The van der Waals surface area contributed by atoms with Crippen LogP contribution in [0.2, 0.25) is 0 Å². The van der Waals surface area contributed by atoms with Crippen LogP contribution in [0.15, 0.2) is 24.3 Å². The van der Waals surface area contributed by atoms with Crippen LogP contribution in [0.1, 0.15) is 31.2 Å². The molecular weight excluding hydrogens is 292 g/mol. The summed E-state index contributed by atoms with van der Waals surface area (Å²) in [5, 5.41) is 6.36. The fraction of sp³-hybridized carbons (Fsp3) is 0.611. The van der Waals surface area contributed by atoms with E-state index < -0.39 is 0 Å². The molecule has 2 rings (SSSR count). The zero-order chi connectivity index (χ0) is 16.3. The van der Waals surface area contributed by atoms with Crippen LogP contribution in [0.3, 0.4) is 0 Å². The van der Waals surface area contributed by atoms with Crippen molar-refractivity contribution in [3.05, 3.63) is 29.8 Å². The van der Waals surface area contributed by atoms with Crippen molar-refractivity contribution in [1.82, 2.24) is 10.6 Å². The number of nitrogens with one attached hydrogen (secondary N) is 2. The summed E-state index contributed by atoms with van der Waals surface area (Å²) in [7, 11) is 1.65. The van der Waals surface area contributed by atoms with Gasteiger partial charge in [0.1, 0.15) is 12.4 Å². The number of carbonyl (C=O) groups excluding carboxylic acids is 1. The van der Waals surface area contributed by atoms with Gasteiger partial charge in [0.25, 0.3) is 0 Å². The van der Waals surface area contributed by atoms with Gasteiger partial charge in [0, 0.05) is 25.6 Å². The maximum atomic E-state index is 12.0. The molecule has 5 nitrogen and oxygen atoms in total. The zero-order valence-electron chi connectivity index (χ0n) is 14.0. The Labute approximate surface area is 138 Å². The van der Waals surface area contributed by atoms with Crippen molar-refractivity contribution in [3.8, 4) is 5.75 Å². The van der Waals surface area contributed by atoms with Crippen LogP contribution >= 0.6 is 0 Å². The van der Waals surface area contributed by atoms with Crippen molar-refractivity contribution in [3.63, 3.8) is 0 Å². The van der Waals surface area contributed by atoms with Crippen molar-refractivity contribution in [2.24, 2.45) is 5.92 Å². The Bertz CT molecular complexity index is 473. The largest absolute Gasteiger partial charge is 0.491 e. The Morgan fingerprint density at radius 1 is 1.26 bits per heavy atom. The number of methoxy groups -OCH3 is 1. The number of hydrogen-bond acceptors (Lipinski definition) is 4. The molecule has 1 amide bonds. The predicted octanol–water partition coefficient (Wildman–Crippen LogP) is 2.11. The third kappa shape index (κ3) is 6.59. The Kier molecular flexibility index (Phi) is 7.90. The normalized spacial score (nSPS) is 15.3. The van der Waals surface area contributed by atoms with E-state index >= 15 is 0 Å². The lowest BCUT2D eigenvalue weighted by Gasteiger charge is -2.22. The molecule has 0 atom stereocenters. The highest BCUT2D eigenvalue weighted by atomic mass is 16.5. The molecule has 0 unspecified atom stereocenters. The topological polar surface area (TPSA) is 59.6 Å². The first-order valence-electron chi connectivity index (χ1n) is 8.46. The number of carbonyl (C=O) groups is 1. The third-order valence-corrected chi connectivity index (χ3v) is 4.23. The van der Waals surface area contributed by atoms with Gasteiger partial charge < -0.3 is 20.1 Å². The molecule has 1 saturated heterocycles. The summed E-state index contributed by atoms with van der Waals surface area (Å²) in [6.45, 7) is 3.74. The van der Waals surface area contributed by atoms with Gasteiger partial charge in [-0.25, -0.2) is 0 Å². The molecule has 1 aromatic carbocycles. The van der Waals surface area contributed by atoms with Gasteiger partial charge in [-0.1, -0.05) is 18.2 Å². The second-order valence-electron chi connectivity index (χ2n) is 5.96. The molecule has 23 heavy (non-hydrogen) atoms. The maximum absolute atomic E-state index is 12.0. The molecule has 1 fully saturated rings. The van der Waals surface area contributed by atoms with Crippen LogP contribution < -0.4 is 15.4 Å². The minimum Gasteiger partial charge on any atom is -0.491 e. The average molecular weight is 320 g/mol. The monoisotopic (exact) mass is 320 g/mol. The van der Waals surface area contributed by atoms with Gasteiger partial charge in [0.2, 0.25) is 5.91 Å². The molecule has 0 saturated carbocycles.